The molecule has 186 valence electrons. The van der Waals surface area contributed by atoms with Gasteiger partial charge in [0.25, 0.3) is 0 Å². The van der Waals surface area contributed by atoms with Crippen LogP contribution in [0, 0.1) is 0 Å². The SMILES string of the molecule is CCCCCCCCCCCCCCCCCCn1c(-c2cccc(Cl)c2)nc2ccccc21. The minimum Gasteiger partial charge on any atom is -0.324 e. The van der Waals surface area contributed by atoms with Crippen LogP contribution in [0.3, 0.4) is 0 Å². The summed E-state index contributed by atoms with van der Waals surface area (Å²) in [6.07, 6.45) is 22.4. The van der Waals surface area contributed by atoms with Crippen molar-refractivity contribution in [2.45, 2.75) is 116 Å². The zero-order chi connectivity index (χ0) is 23.8. The molecule has 0 saturated carbocycles. The average molecular weight is 481 g/mol. The van der Waals surface area contributed by atoms with Gasteiger partial charge in [-0.2, -0.15) is 0 Å². The van der Waals surface area contributed by atoms with Gasteiger partial charge in [0.15, 0.2) is 0 Å². The zero-order valence-electron chi connectivity index (χ0n) is 21.4. The third kappa shape index (κ3) is 9.10. The van der Waals surface area contributed by atoms with Gasteiger partial charge in [-0.05, 0) is 30.7 Å². The molecule has 0 bridgehead atoms. The maximum Gasteiger partial charge on any atom is 0.141 e. The highest BCUT2D eigenvalue weighted by atomic mass is 35.5. The summed E-state index contributed by atoms with van der Waals surface area (Å²) in [4.78, 5) is 4.92. The number of aromatic nitrogens is 2. The molecule has 3 rings (SSSR count). The zero-order valence-corrected chi connectivity index (χ0v) is 22.2. The molecule has 1 aromatic heterocycles. The second-order valence-electron chi connectivity index (χ2n) is 9.89. The van der Waals surface area contributed by atoms with Crippen LogP contribution < -0.4 is 0 Å². The van der Waals surface area contributed by atoms with Gasteiger partial charge in [-0.15, -0.1) is 0 Å². The number of hydrogen-bond donors (Lipinski definition) is 0. The first-order valence-electron chi connectivity index (χ1n) is 14.0. The molecule has 1 heterocycles. The van der Waals surface area contributed by atoms with Crippen LogP contribution in [0.2, 0.25) is 5.02 Å². The molecular formula is C31H45ClN2. The van der Waals surface area contributed by atoms with Crippen LogP contribution in [0.1, 0.15) is 110 Å². The third-order valence-corrected chi connectivity index (χ3v) is 7.21. The number of aryl methyl sites for hydroxylation is 1. The summed E-state index contributed by atoms with van der Waals surface area (Å²) in [6, 6.07) is 16.5. The Balaban J connectivity index is 1.29. The number of fused-ring (bicyclic) bond motifs is 1. The summed E-state index contributed by atoms with van der Waals surface area (Å²) in [5.74, 6) is 1.03. The summed E-state index contributed by atoms with van der Waals surface area (Å²) >= 11 is 6.26. The molecule has 0 fully saturated rings. The standard InChI is InChI=1S/C31H45ClN2/c1-2-3-4-5-6-7-8-9-10-11-12-13-14-15-16-19-25-34-30-24-18-17-23-29(30)33-31(34)27-21-20-22-28(32)26-27/h17-18,20-24,26H,2-16,19,25H2,1H3. The van der Waals surface area contributed by atoms with Crippen molar-refractivity contribution >= 4 is 22.6 Å². The van der Waals surface area contributed by atoms with Crippen molar-refractivity contribution in [2.75, 3.05) is 0 Å². The van der Waals surface area contributed by atoms with Gasteiger partial charge < -0.3 is 4.57 Å². The topological polar surface area (TPSA) is 17.8 Å². The van der Waals surface area contributed by atoms with Gasteiger partial charge in [-0.3, -0.25) is 0 Å². The molecule has 0 amide bonds. The number of unbranched alkanes of at least 4 members (excludes halogenated alkanes) is 15. The summed E-state index contributed by atoms with van der Waals surface area (Å²) < 4.78 is 2.38. The average Bonchev–Trinajstić information content (AvgIpc) is 3.22. The smallest absolute Gasteiger partial charge is 0.141 e. The number of imidazole rings is 1. The van der Waals surface area contributed by atoms with E-state index >= 15 is 0 Å². The highest BCUT2D eigenvalue weighted by Gasteiger charge is 2.12. The molecule has 3 heteroatoms. The van der Waals surface area contributed by atoms with Crippen molar-refractivity contribution in [3.8, 4) is 11.4 Å². The van der Waals surface area contributed by atoms with E-state index in [4.69, 9.17) is 16.6 Å². The van der Waals surface area contributed by atoms with Gasteiger partial charge in [0.1, 0.15) is 5.82 Å². The quantitative estimate of drug-likeness (QED) is 0.165. The van der Waals surface area contributed by atoms with Gasteiger partial charge in [0.05, 0.1) is 11.0 Å². The molecule has 0 aliphatic rings. The number of halogens is 1. The highest BCUT2D eigenvalue weighted by molar-refractivity contribution is 6.30. The van der Waals surface area contributed by atoms with Crippen molar-refractivity contribution < 1.29 is 0 Å². The van der Waals surface area contributed by atoms with Gasteiger partial charge in [0.2, 0.25) is 0 Å². The van der Waals surface area contributed by atoms with Crippen molar-refractivity contribution in [1.29, 1.82) is 0 Å². The lowest BCUT2D eigenvalue weighted by Gasteiger charge is -2.10. The Morgan fingerprint density at radius 2 is 1.21 bits per heavy atom. The van der Waals surface area contributed by atoms with E-state index < -0.39 is 0 Å². The summed E-state index contributed by atoms with van der Waals surface area (Å²) in [6.45, 7) is 3.31. The maximum atomic E-state index is 6.26. The third-order valence-electron chi connectivity index (χ3n) is 6.97. The lowest BCUT2D eigenvalue weighted by Crippen LogP contribution is -2.01. The second-order valence-corrected chi connectivity index (χ2v) is 10.3. The van der Waals surface area contributed by atoms with Gasteiger partial charge in [0, 0.05) is 17.1 Å². The first-order chi connectivity index (χ1) is 16.8. The fourth-order valence-corrected chi connectivity index (χ4v) is 5.16. The summed E-state index contributed by atoms with van der Waals surface area (Å²) in [5.41, 5.74) is 3.38. The number of para-hydroxylation sites is 2. The molecule has 0 saturated heterocycles. The number of rotatable bonds is 18. The van der Waals surface area contributed by atoms with E-state index in [-0.39, 0.29) is 0 Å². The Labute approximate surface area is 213 Å². The van der Waals surface area contributed by atoms with E-state index in [2.05, 4.69) is 41.8 Å². The number of benzene rings is 2. The normalized spacial score (nSPS) is 11.5. The molecule has 2 aromatic carbocycles. The van der Waals surface area contributed by atoms with E-state index in [0.717, 1.165) is 28.5 Å². The highest BCUT2D eigenvalue weighted by Crippen LogP contribution is 2.27. The number of hydrogen-bond acceptors (Lipinski definition) is 1. The minimum atomic E-state index is 0.763. The van der Waals surface area contributed by atoms with E-state index in [1.165, 1.54) is 108 Å². The molecule has 2 nitrogen and oxygen atoms in total. The maximum absolute atomic E-state index is 6.26. The molecular weight excluding hydrogens is 436 g/mol. The van der Waals surface area contributed by atoms with Crippen LogP contribution in [0.15, 0.2) is 48.5 Å². The fourth-order valence-electron chi connectivity index (χ4n) is 4.97. The van der Waals surface area contributed by atoms with Crippen LogP contribution in [0.4, 0.5) is 0 Å². The Morgan fingerprint density at radius 1 is 0.647 bits per heavy atom. The van der Waals surface area contributed by atoms with Gasteiger partial charge in [-0.1, -0.05) is 139 Å². The van der Waals surface area contributed by atoms with Gasteiger partial charge in [-0.25, -0.2) is 4.98 Å². The van der Waals surface area contributed by atoms with Crippen molar-refractivity contribution in [2.24, 2.45) is 0 Å². The Bertz CT molecular complexity index is 946. The molecule has 0 aliphatic carbocycles. The second kappa shape index (κ2) is 16.0. The molecule has 0 radical (unpaired) electrons. The fraction of sp³-hybridized carbons (Fsp3) is 0.581. The molecule has 34 heavy (non-hydrogen) atoms. The van der Waals surface area contributed by atoms with E-state index in [1.54, 1.807) is 0 Å². The van der Waals surface area contributed by atoms with Crippen LogP contribution >= 0.6 is 11.6 Å². The largest absolute Gasteiger partial charge is 0.324 e. The van der Waals surface area contributed by atoms with Crippen LogP contribution in [-0.4, -0.2) is 9.55 Å². The van der Waals surface area contributed by atoms with E-state index in [1.807, 2.05) is 18.2 Å². The van der Waals surface area contributed by atoms with Gasteiger partial charge >= 0.3 is 0 Å². The Hall–Kier alpha value is -1.80. The molecule has 0 atom stereocenters. The predicted octanol–water partition coefficient (Wildman–Crippen LogP) is 10.6. The van der Waals surface area contributed by atoms with Crippen LogP contribution in [-0.2, 0) is 6.54 Å². The Kier molecular flexibility index (Phi) is 12.6. The van der Waals surface area contributed by atoms with Crippen LogP contribution in [0.25, 0.3) is 22.4 Å². The monoisotopic (exact) mass is 480 g/mol. The minimum absolute atomic E-state index is 0.763. The summed E-state index contributed by atoms with van der Waals surface area (Å²) in [7, 11) is 0. The van der Waals surface area contributed by atoms with E-state index in [0.29, 0.717) is 0 Å². The van der Waals surface area contributed by atoms with Crippen molar-refractivity contribution in [3.63, 3.8) is 0 Å². The van der Waals surface area contributed by atoms with Crippen molar-refractivity contribution in [1.82, 2.24) is 9.55 Å². The molecule has 3 aromatic rings. The molecule has 0 unspecified atom stereocenters. The first kappa shape index (κ1) is 26.8. The first-order valence-corrected chi connectivity index (χ1v) is 14.4. The number of nitrogens with zero attached hydrogens (tertiary/aromatic N) is 2. The molecule has 0 spiro atoms. The lowest BCUT2D eigenvalue weighted by atomic mass is 10.0. The van der Waals surface area contributed by atoms with E-state index in [9.17, 15) is 0 Å². The molecule has 0 aliphatic heterocycles. The lowest BCUT2D eigenvalue weighted by molar-refractivity contribution is 0.523. The van der Waals surface area contributed by atoms with Crippen LogP contribution in [0.5, 0.6) is 0 Å². The van der Waals surface area contributed by atoms with Crippen molar-refractivity contribution in [3.05, 3.63) is 53.6 Å². The predicted molar refractivity (Wildman–Crippen MR) is 150 cm³/mol. The Morgan fingerprint density at radius 3 is 1.79 bits per heavy atom. The molecule has 0 N–H and O–H groups in total. The summed E-state index contributed by atoms with van der Waals surface area (Å²) in [5, 5.41) is 0.763.